The van der Waals surface area contributed by atoms with Crippen molar-refractivity contribution in [1.29, 1.82) is 0 Å². The molecule has 27 heavy (non-hydrogen) atoms. The van der Waals surface area contributed by atoms with Gasteiger partial charge in [0.25, 0.3) is 5.69 Å². The van der Waals surface area contributed by atoms with Gasteiger partial charge in [0.05, 0.1) is 18.1 Å². The van der Waals surface area contributed by atoms with Crippen molar-refractivity contribution in [2.75, 3.05) is 13.7 Å². The molecule has 4 aromatic rings. The lowest BCUT2D eigenvalue weighted by Crippen LogP contribution is -2.25. The first-order valence-corrected chi connectivity index (χ1v) is 8.26. The van der Waals surface area contributed by atoms with Crippen molar-refractivity contribution in [2.45, 2.75) is 6.54 Å². The number of non-ortho nitro benzene ring substituents is 1. The summed E-state index contributed by atoms with van der Waals surface area (Å²) in [4.78, 5) is 27.3. The van der Waals surface area contributed by atoms with Gasteiger partial charge in [-0.25, -0.2) is 4.79 Å². The maximum absolute atomic E-state index is 12.7. The van der Waals surface area contributed by atoms with Gasteiger partial charge >= 0.3 is 5.69 Å². The van der Waals surface area contributed by atoms with Gasteiger partial charge in [-0.2, -0.15) is 4.98 Å². The molecule has 0 aliphatic rings. The number of hydrogen-bond donors (Lipinski definition) is 0. The standard InChI is InChI=1S/C19H15N3O5/c1-26-11-10-21-17-14-4-2-3-5-15(14)27-18(17)16(20-19(21)23)12-6-8-13(9-7-12)22(24)25/h2-9H,10-11H2,1H3. The monoisotopic (exact) mass is 365 g/mol. The number of para-hydroxylation sites is 1. The fourth-order valence-corrected chi connectivity index (χ4v) is 3.09. The molecule has 4 rings (SSSR count). The van der Waals surface area contributed by atoms with Gasteiger partial charge in [-0.3, -0.25) is 14.7 Å². The van der Waals surface area contributed by atoms with E-state index in [1.165, 1.54) is 16.7 Å². The highest BCUT2D eigenvalue weighted by molar-refractivity contribution is 6.06. The zero-order valence-electron chi connectivity index (χ0n) is 14.4. The second-order valence-electron chi connectivity index (χ2n) is 5.97. The molecule has 0 radical (unpaired) electrons. The molecule has 8 nitrogen and oxygen atoms in total. The second-order valence-corrected chi connectivity index (χ2v) is 5.97. The van der Waals surface area contributed by atoms with E-state index in [4.69, 9.17) is 9.15 Å². The van der Waals surface area contributed by atoms with Gasteiger partial charge in [0.15, 0.2) is 5.58 Å². The predicted octanol–water partition coefficient (Wildman–Crippen LogP) is 3.36. The Bertz CT molecular complexity index is 1210. The quantitative estimate of drug-likeness (QED) is 0.397. The molecule has 0 atom stereocenters. The van der Waals surface area contributed by atoms with Crippen molar-refractivity contribution in [3.8, 4) is 11.3 Å². The van der Waals surface area contributed by atoms with Crippen molar-refractivity contribution in [3.05, 3.63) is 69.1 Å². The average molecular weight is 365 g/mol. The van der Waals surface area contributed by atoms with E-state index >= 15 is 0 Å². The second kappa shape index (κ2) is 6.65. The number of aromatic nitrogens is 2. The minimum atomic E-state index is -0.475. The third-order valence-corrected chi connectivity index (χ3v) is 4.36. The molecular formula is C19H15N3O5. The Morgan fingerprint density at radius 2 is 1.93 bits per heavy atom. The summed E-state index contributed by atoms with van der Waals surface area (Å²) in [5.41, 5.74) is 2.19. The first-order chi connectivity index (χ1) is 13.1. The van der Waals surface area contributed by atoms with Crippen LogP contribution in [0.3, 0.4) is 0 Å². The molecule has 0 spiro atoms. The van der Waals surface area contributed by atoms with Crippen LogP contribution < -0.4 is 5.69 Å². The van der Waals surface area contributed by atoms with Gasteiger partial charge in [-0.1, -0.05) is 12.1 Å². The van der Waals surface area contributed by atoms with Crippen molar-refractivity contribution < 1.29 is 14.1 Å². The van der Waals surface area contributed by atoms with E-state index in [9.17, 15) is 14.9 Å². The van der Waals surface area contributed by atoms with E-state index in [0.29, 0.717) is 41.1 Å². The van der Waals surface area contributed by atoms with Crippen LogP contribution in [0.1, 0.15) is 0 Å². The van der Waals surface area contributed by atoms with E-state index in [-0.39, 0.29) is 5.69 Å². The largest absolute Gasteiger partial charge is 0.452 e. The smallest absolute Gasteiger partial charge is 0.348 e. The molecule has 2 aromatic heterocycles. The number of nitro groups is 1. The van der Waals surface area contributed by atoms with Crippen LogP contribution in [0.25, 0.3) is 33.3 Å². The molecule has 0 saturated heterocycles. The summed E-state index contributed by atoms with van der Waals surface area (Å²) in [7, 11) is 1.56. The molecule has 0 aliphatic heterocycles. The van der Waals surface area contributed by atoms with E-state index in [0.717, 1.165) is 5.39 Å². The van der Waals surface area contributed by atoms with Crippen LogP contribution in [0, 0.1) is 10.1 Å². The fourth-order valence-electron chi connectivity index (χ4n) is 3.09. The lowest BCUT2D eigenvalue weighted by molar-refractivity contribution is -0.384. The first kappa shape index (κ1) is 16.9. The van der Waals surface area contributed by atoms with E-state index in [2.05, 4.69) is 4.98 Å². The number of methoxy groups -OCH3 is 1. The Hall–Kier alpha value is -3.52. The van der Waals surface area contributed by atoms with Crippen LogP contribution in [0.2, 0.25) is 0 Å². The molecule has 0 amide bonds. The Labute approximate surface area is 152 Å². The van der Waals surface area contributed by atoms with Crippen LogP contribution in [0.4, 0.5) is 5.69 Å². The molecule has 0 aliphatic carbocycles. The number of benzene rings is 2. The van der Waals surface area contributed by atoms with Gasteiger partial charge in [-0.15, -0.1) is 0 Å². The predicted molar refractivity (Wildman–Crippen MR) is 99.7 cm³/mol. The highest BCUT2D eigenvalue weighted by Gasteiger charge is 2.19. The van der Waals surface area contributed by atoms with E-state index in [1.807, 2.05) is 24.3 Å². The summed E-state index contributed by atoms with van der Waals surface area (Å²) in [6, 6.07) is 13.3. The maximum atomic E-state index is 12.7. The average Bonchev–Trinajstić information content (AvgIpc) is 3.06. The zero-order valence-corrected chi connectivity index (χ0v) is 14.4. The summed E-state index contributed by atoms with van der Waals surface area (Å²) in [6.45, 7) is 0.690. The first-order valence-electron chi connectivity index (χ1n) is 8.26. The highest BCUT2D eigenvalue weighted by Crippen LogP contribution is 2.33. The Morgan fingerprint density at radius 1 is 1.19 bits per heavy atom. The number of fused-ring (bicyclic) bond motifs is 3. The maximum Gasteiger partial charge on any atom is 0.348 e. The van der Waals surface area contributed by atoms with Gasteiger partial charge < -0.3 is 9.15 Å². The van der Waals surface area contributed by atoms with Crippen molar-refractivity contribution in [1.82, 2.24) is 9.55 Å². The Balaban J connectivity index is 2.02. The minimum absolute atomic E-state index is 0.0342. The summed E-state index contributed by atoms with van der Waals surface area (Å²) in [5.74, 6) is 0. The van der Waals surface area contributed by atoms with Crippen molar-refractivity contribution >= 4 is 27.8 Å². The van der Waals surface area contributed by atoms with Gasteiger partial charge in [0, 0.05) is 30.2 Å². The number of nitrogens with zero attached hydrogens (tertiary/aromatic N) is 3. The third-order valence-electron chi connectivity index (χ3n) is 4.36. The number of furan rings is 1. The number of hydrogen-bond acceptors (Lipinski definition) is 6. The van der Waals surface area contributed by atoms with Crippen molar-refractivity contribution in [2.24, 2.45) is 0 Å². The molecule has 2 heterocycles. The van der Waals surface area contributed by atoms with Gasteiger partial charge in [0.2, 0.25) is 0 Å². The number of ether oxygens (including phenoxy) is 1. The Kier molecular flexibility index (Phi) is 4.17. The molecule has 136 valence electrons. The zero-order chi connectivity index (χ0) is 19.0. The Morgan fingerprint density at radius 3 is 2.63 bits per heavy atom. The molecule has 0 unspecified atom stereocenters. The van der Waals surface area contributed by atoms with Crippen LogP contribution in [-0.2, 0) is 11.3 Å². The van der Waals surface area contributed by atoms with Crippen LogP contribution in [0.5, 0.6) is 0 Å². The molecular weight excluding hydrogens is 350 g/mol. The molecule has 2 aromatic carbocycles. The molecule has 0 bridgehead atoms. The molecule has 0 N–H and O–H groups in total. The molecule has 8 heteroatoms. The third kappa shape index (κ3) is 2.85. The number of nitro benzene ring substituents is 1. The normalized spacial score (nSPS) is 11.3. The summed E-state index contributed by atoms with van der Waals surface area (Å²) < 4.78 is 12.6. The summed E-state index contributed by atoms with van der Waals surface area (Å²) in [5, 5.41) is 11.7. The van der Waals surface area contributed by atoms with E-state index < -0.39 is 10.6 Å². The van der Waals surface area contributed by atoms with Crippen molar-refractivity contribution in [3.63, 3.8) is 0 Å². The van der Waals surface area contributed by atoms with E-state index in [1.54, 1.807) is 19.2 Å². The highest BCUT2D eigenvalue weighted by atomic mass is 16.6. The molecule has 0 fully saturated rings. The molecule has 0 saturated carbocycles. The lowest BCUT2D eigenvalue weighted by Gasteiger charge is -2.09. The summed E-state index contributed by atoms with van der Waals surface area (Å²) >= 11 is 0. The summed E-state index contributed by atoms with van der Waals surface area (Å²) in [6.07, 6.45) is 0. The van der Waals surface area contributed by atoms with Gasteiger partial charge in [-0.05, 0) is 24.3 Å². The van der Waals surface area contributed by atoms with Crippen LogP contribution >= 0.6 is 0 Å². The topological polar surface area (TPSA) is 100 Å². The lowest BCUT2D eigenvalue weighted by atomic mass is 10.1. The van der Waals surface area contributed by atoms with Gasteiger partial charge in [0.1, 0.15) is 16.8 Å². The minimum Gasteiger partial charge on any atom is -0.452 e. The SMILES string of the molecule is COCCn1c(=O)nc(-c2ccc([N+](=O)[O-])cc2)c2oc3ccccc3c21. The van der Waals surface area contributed by atoms with Crippen LogP contribution in [0.15, 0.2) is 57.7 Å². The number of rotatable bonds is 5. The van der Waals surface area contributed by atoms with Crippen LogP contribution in [-0.4, -0.2) is 28.2 Å². The fraction of sp³-hybridized carbons (Fsp3) is 0.158.